The molecule has 1 aromatic rings. The predicted molar refractivity (Wildman–Crippen MR) is 55.2 cm³/mol. The highest BCUT2D eigenvalue weighted by Crippen LogP contribution is 2.28. The van der Waals surface area contributed by atoms with Crippen LogP contribution in [0.4, 0.5) is 0 Å². The van der Waals surface area contributed by atoms with Gasteiger partial charge in [0.2, 0.25) is 0 Å². The number of hydrogen-bond acceptors (Lipinski definition) is 2. The van der Waals surface area contributed by atoms with Crippen molar-refractivity contribution in [2.45, 2.75) is 38.5 Å². The van der Waals surface area contributed by atoms with E-state index in [9.17, 15) is 4.79 Å². The van der Waals surface area contributed by atoms with Crippen molar-refractivity contribution in [1.82, 2.24) is 4.98 Å². The Morgan fingerprint density at radius 2 is 2.29 bits per heavy atom. The highest BCUT2D eigenvalue weighted by atomic mass is 16.1. The number of Topliss-reactive ketones (excluding diaryl/α,β-unsaturated/α-hetero) is 1. The summed E-state index contributed by atoms with van der Waals surface area (Å²) in [5.41, 5.74) is 2.16. The summed E-state index contributed by atoms with van der Waals surface area (Å²) in [5.74, 6) is 0.443. The molecule has 0 spiro atoms. The van der Waals surface area contributed by atoms with Crippen LogP contribution in [-0.4, -0.2) is 10.8 Å². The van der Waals surface area contributed by atoms with Crippen molar-refractivity contribution < 1.29 is 4.79 Å². The number of aryl methyl sites for hydroxylation is 1. The maximum atomic E-state index is 11.7. The first-order chi connectivity index (χ1) is 6.77. The number of rotatable bonds is 1. The van der Waals surface area contributed by atoms with E-state index in [0.717, 1.165) is 31.4 Å². The Kier molecular flexibility index (Phi) is 2.62. The standard InChI is InChI=1S/C12H15NO/c1-9-6-7-13-11(8-9)10-4-2-3-5-12(10)14/h6-8,10H,2-5H2,1H3. The minimum Gasteiger partial charge on any atom is -0.299 e. The van der Waals surface area contributed by atoms with Crippen molar-refractivity contribution in [3.8, 4) is 0 Å². The molecule has 0 aliphatic heterocycles. The fourth-order valence-electron chi connectivity index (χ4n) is 2.05. The minimum absolute atomic E-state index is 0.0728. The molecule has 0 radical (unpaired) electrons. The van der Waals surface area contributed by atoms with Gasteiger partial charge in [0.05, 0.1) is 11.6 Å². The fraction of sp³-hybridized carbons (Fsp3) is 0.500. The van der Waals surface area contributed by atoms with Gasteiger partial charge < -0.3 is 0 Å². The first-order valence-electron chi connectivity index (χ1n) is 5.22. The number of hydrogen-bond donors (Lipinski definition) is 0. The molecule has 0 aromatic carbocycles. The van der Waals surface area contributed by atoms with E-state index in [4.69, 9.17) is 0 Å². The van der Waals surface area contributed by atoms with Crippen LogP contribution in [0, 0.1) is 6.92 Å². The summed E-state index contributed by atoms with van der Waals surface area (Å²) < 4.78 is 0. The second kappa shape index (κ2) is 3.91. The zero-order valence-electron chi connectivity index (χ0n) is 8.49. The van der Waals surface area contributed by atoms with Crippen molar-refractivity contribution in [1.29, 1.82) is 0 Å². The van der Waals surface area contributed by atoms with Crippen LogP contribution in [0.3, 0.4) is 0 Å². The average Bonchev–Trinajstić information content (AvgIpc) is 2.18. The number of ketones is 1. The molecule has 0 bridgehead atoms. The van der Waals surface area contributed by atoms with E-state index in [1.807, 2.05) is 19.1 Å². The topological polar surface area (TPSA) is 30.0 Å². The van der Waals surface area contributed by atoms with Gasteiger partial charge in [-0.2, -0.15) is 0 Å². The molecule has 0 saturated heterocycles. The summed E-state index contributed by atoms with van der Waals surface area (Å²) in [6.07, 6.45) is 5.73. The molecule has 1 aliphatic carbocycles. The van der Waals surface area contributed by atoms with Crippen molar-refractivity contribution in [2.75, 3.05) is 0 Å². The third kappa shape index (κ3) is 1.84. The van der Waals surface area contributed by atoms with E-state index in [2.05, 4.69) is 4.98 Å². The zero-order valence-corrected chi connectivity index (χ0v) is 8.49. The van der Waals surface area contributed by atoms with Crippen molar-refractivity contribution in [3.63, 3.8) is 0 Å². The SMILES string of the molecule is Cc1ccnc(C2CCCCC2=O)c1. The van der Waals surface area contributed by atoms with E-state index in [1.165, 1.54) is 5.56 Å². The monoisotopic (exact) mass is 189 g/mol. The lowest BCUT2D eigenvalue weighted by atomic mass is 9.85. The summed E-state index contributed by atoms with van der Waals surface area (Å²) in [7, 11) is 0. The lowest BCUT2D eigenvalue weighted by molar-refractivity contribution is -0.121. The normalized spacial score (nSPS) is 22.4. The van der Waals surface area contributed by atoms with Gasteiger partial charge >= 0.3 is 0 Å². The van der Waals surface area contributed by atoms with Crippen LogP contribution < -0.4 is 0 Å². The molecule has 1 saturated carbocycles. The van der Waals surface area contributed by atoms with Crippen LogP contribution in [0.25, 0.3) is 0 Å². The van der Waals surface area contributed by atoms with Crippen LogP contribution in [0.15, 0.2) is 18.3 Å². The summed E-state index contributed by atoms with van der Waals surface area (Å²) >= 11 is 0. The van der Waals surface area contributed by atoms with Gasteiger partial charge in [-0.15, -0.1) is 0 Å². The third-order valence-electron chi connectivity index (χ3n) is 2.85. The van der Waals surface area contributed by atoms with Gasteiger partial charge in [-0.25, -0.2) is 0 Å². The Hall–Kier alpha value is -1.18. The van der Waals surface area contributed by atoms with E-state index in [1.54, 1.807) is 6.20 Å². The van der Waals surface area contributed by atoms with Gasteiger partial charge in [-0.1, -0.05) is 6.42 Å². The van der Waals surface area contributed by atoms with Gasteiger partial charge in [-0.3, -0.25) is 9.78 Å². The fourth-order valence-corrected chi connectivity index (χ4v) is 2.05. The lowest BCUT2D eigenvalue weighted by Crippen LogP contribution is -2.18. The minimum atomic E-state index is 0.0728. The molecule has 1 fully saturated rings. The smallest absolute Gasteiger partial charge is 0.141 e. The van der Waals surface area contributed by atoms with Crippen LogP contribution in [0.1, 0.15) is 42.9 Å². The molecule has 1 atom stereocenters. The summed E-state index contributed by atoms with van der Waals surface area (Å²) in [4.78, 5) is 16.0. The third-order valence-corrected chi connectivity index (χ3v) is 2.85. The first-order valence-corrected chi connectivity index (χ1v) is 5.22. The van der Waals surface area contributed by atoms with Gasteiger partial charge in [0.15, 0.2) is 0 Å². The molecule has 1 aromatic heterocycles. The van der Waals surface area contributed by atoms with E-state index < -0.39 is 0 Å². The molecule has 2 heteroatoms. The van der Waals surface area contributed by atoms with E-state index in [-0.39, 0.29) is 5.92 Å². The molecule has 1 unspecified atom stereocenters. The Morgan fingerprint density at radius 1 is 1.43 bits per heavy atom. The molecule has 1 aliphatic rings. The molecule has 0 amide bonds. The van der Waals surface area contributed by atoms with Gasteiger partial charge in [-0.05, 0) is 37.5 Å². The maximum Gasteiger partial charge on any atom is 0.141 e. The highest BCUT2D eigenvalue weighted by molar-refractivity contribution is 5.85. The van der Waals surface area contributed by atoms with Gasteiger partial charge in [0.25, 0.3) is 0 Å². The van der Waals surface area contributed by atoms with Crippen molar-refractivity contribution in [2.24, 2.45) is 0 Å². The number of aromatic nitrogens is 1. The second-order valence-corrected chi connectivity index (χ2v) is 4.02. The molecule has 2 rings (SSSR count). The molecular formula is C12H15NO. The number of pyridine rings is 1. The molecule has 1 heterocycles. The first kappa shape index (κ1) is 9.38. The predicted octanol–water partition coefficient (Wildman–Crippen LogP) is 2.62. The summed E-state index contributed by atoms with van der Waals surface area (Å²) in [5, 5.41) is 0. The summed E-state index contributed by atoms with van der Waals surface area (Å²) in [6, 6.07) is 4.00. The Bertz CT molecular complexity index is 346. The van der Waals surface area contributed by atoms with Crippen LogP contribution >= 0.6 is 0 Å². The van der Waals surface area contributed by atoms with E-state index >= 15 is 0 Å². The Morgan fingerprint density at radius 3 is 3.00 bits per heavy atom. The molecule has 2 nitrogen and oxygen atoms in total. The molecular weight excluding hydrogens is 174 g/mol. The maximum absolute atomic E-state index is 11.7. The van der Waals surface area contributed by atoms with Gasteiger partial charge in [0.1, 0.15) is 5.78 Å². The quantitative estimate of drug-likeness (QED) is 0.679. The largest absolute Gasteiger partial charge is 0.299 e. The Labute approximate surface area is 84.4 Å². The molecule has 14 heavy (non-hydrogen) atoms. The average molecular weight is 189 g/mol. The molecule has 0 N–H and O–H groups in total. The Balaban J connectivity index is 2.24. The van der Waals surface area contributed by atoms with Crippen LogP contribution in [0.2, 0.25) is 0 Å². The van der Waals surface area contributed by atoms with Crippen molar-refractivity contribution in [3.05, 3.63) is 29.6 Å². The van der Waals surface area contributed by atoms with Crippen LogP contribution in [0.5, 0.6) is 0 Å². The van der Waals surface area contributed by atoms with Crippen molar-refractivity contribution >= 4 is 5.78 Å². The number of carbonyl (C=O) groups excluding carboxylic acids is 1. The number of nitrogens with zero attached hydrogens (tertiary/aromatic N) is 1. The zero-order chi connectivity index (χ0) is 9.97. The highest BCUT2D eigenvalue weighted by Gasteiger charge is 2.24. The van der Waals surface area contributed by atoms with Gasteiger partial charge in [0, 0.05) is 12.6 Å². The molecule has 74 valence electrons. The lowest BCUT2D eigenvalue weighted by Gasteiger charge is -2.19. The number of carbonyl (C=O) groups is 1. The second-order valence-electron chi connectivity index (χ2n) is 4.02. The van der Waals surface area contributed by atoms with E-state index in [0.29, 0.717) is 5.78 Å². The summed E-state index contributed by atoms with van der Waals surface area (Å²) in [6.45, 7) is 2.04. The van der Waals surface area contributed by atoms with Crippen LogP contribution in [-0.2, 0) is 4.79 Å².